The zero-order valence-corrected chi connectivity index (χ0v) is 12.3. The van der Waals surface area contributed by atoms with Gasteiger partial charge in [0.15, 0.2) is 0 Å². The van der Waals surface area contributed by atoms with E-state index < -0.39 is 7.14 Å². The molecule has 2 heteroatoms. The van der Waals surface area contributed by atoms with Crippen LogP contribution in [0.5, 0.6) is 0 Å². The molecule has 0 atom stereocenters. The van der Waals surface area contributed by atoms with Gasteiger partial charge >= 0.3 is 0 Å². The molecule has 0 heterocycles. The van der Waals surface area contributed by atoms with Crippen molar-refractivity contribution < 1.29 is 4.57 Å². The van der Waals surface area contributed by atoms with E-state index in [-0.39, 0.29) is 0 Å². The van der Waals surface area contributed by atoms with Crippen LogP contribution in [0.25, 0.3) is 0 Å². The van der Waals surface area contributed by atoms with Crippen LogP contribution < -0.4 is 10.6 Å². The minimum atomic E-state index is -2.55. The second-order valence-corrected chi connectivity index (χ2v) is 7.75. The lowest BCUT2D eigenvalue weighted by Crippen LogP contribution is -2.17. The molecule has 0 amide bonds. The summed E-state index contributed by atoms with van der Waals surface area (Å²) in [5.41, 5.74) is 1.20. The lowest BCUT2D eigenvalue weighted by Gasteiger charge is -2.18. The predicted octanol–water partition coefficient (Wildman–Crippen LogP) is 3.97. The summed E-state index contributed by atoms with van der Waals surface area (Å²) in [4.78, 5) is 0. The van der Waals surface area contributed by atoms with E-state index in [4.69, 9.17) is 0 Å². The minimum absolute atomic E-state index is 0.587. The molecule has 98 valence electrons. The number of hydrogen-bond donors (Lipinski definition) is 0. The molecular formula is C17H19OP. The lowest BCUT2D eigenvalue weighted by atomic mass is 10.3. The van der Waals surface area contributed by atoms with E-state index in [2.05, 4.69) is 6.08 Å². The van der Waals surface area contributed by atoms with E-state index in [1.54, 1.807) is 0 Å². The zero-order chi connectivity index (χ0) is 13.7. The molecule has 1 nitrogen and oxygen atoms in total. The topological polar surface area (TPSA) is 17.1 Å². The van der Waals surface area contributed by atoms with Gasteiger partial charge in [0.25, 0.3) is 0 Å². The summed E-state index contributed by atoms with van der Waals surface area (Å²) in [7, 11) is -2.55. The van der Waals surface area contributed by atoms with Crippen LogP contribution in [0.3, 0.4) is 0 Å². The SMILES string of the molecule is CC(C)=CCP(=O)(c1ccccc1)c1ccccc1. The van der Waals surface area contributed by atoms with Crippen LogP contribution in [-0.4, -0.2) is 6.16 Å². The van der Waals surface area contributed by atoms with Crippen molar-refractivity contribution in [3.63, 3.8) is 0 Å². The highest BCUT2D eigenvalue weighted by atomic mass is 31.2. The molecule has 0 spiro atoms. The molecule has 0 unspecified atom stereocenters. The third-order valence-corrected chi connectivity index (χ3v) is 6.06. The Bertz CT molecular complexity index is 552. The van der Waals surface area contributed by atoms with E-state index in [1.165, 1.54) is 5.57 Å². The van der Waals surface area contributed by atoms with Crippen molar-refractivity contribution in [2.45, 2.75) is 13.8 Å². The average molecular weight is 270 g/mol. The molecule has 2 aromatic rings. The maximum Gasteiger partial charge on any atom is 0.146 e. The van der Waals surface area contributed by atoms with E-state index in [1.807, 2.05) is 74.5 Å². The van der Waals surface area contributed by atoms with Crippen LogP contribution >= 0.6 is 7.14 Å². The molecule has 19 heavy (non-hydrogen) atoms. The van der Waals surface area contributed by atoms with E-state index in [0.717, 1.165) is 10.6 Å². The first kappa shape index (κ1) is 13.8. The Hall–Kier alpha value is -1.59. The predicted molar refractivity (Wildman–Crippen MR) is 84.1 cm³/mol. The van der Waals surface area contributed by atoms with Gasteiger partial charge in [-0.2, -0.15) is 0 Å². The molecule has 2 aromatic carbocycles. The fourth-order valence-corrected chi connectivity index (χ4v) is 4.66. The molecule has 0 fully saturated rings. The molecule has 0 radical (unpaired) electrons. The summed E-state index contributed by atoms with van der Waals surface area (Å²) < 4.78 is 13.5. The number of hydrogen-bond acceptors (Lipinski definition) is 1. The van der Waals surface area contributed by atoms with E-state index in [9.17, 15) is 4.57 Å². The molecule has 0 N–H and O–H groups in total. The Morgan fingerprint density at radius 2 is 1.32 bits per heavy atom. The summed E-state index contributed by atoms with van der Waals surface area (Å²) in [6.45, 7) is 4.08. The number of allylic oxidation sites excluding steroid dienone is 2. The summed E-state index contributed by atoms with van der Waals surface area (Å²) in [5.74, 6) is 0. The normalized spacial score (nSPS) is 11.1. The zero-order valence-electron chi connectivity index (χ0n) is 11.4. The summed E-state index contributed by atoms with van der Waals surface area (Å²) in [6, 6.07) is 19.6. The Morgan fingerprint density at radius 1 is 0.895 bits per heavy atom. The third kappa shape index (κ3) is 3.24. The molecule has 0 saturated heterocycles. The second kappa shape index (κ2) is 6.04. The van der Waals surface area contributed by atoms with Crippen LogP contribution in [0.15, 0.2) is 72.3 Å². The van der Waals surface area contributed by atoms with Gasteiger partial charge in [-0.25, -0.2) is 0 Å². The monoisotopic (exact) mass is 270 g/mol. The maximum absolute atomic E-state index is 13.5. The summed E-state index contributed by atoms with van der Waals surface area (Å²) in [6.07, 6.45) is 2.66. The van der Waals surface area contributed by atoms with Gasteiger partial charge in [-0.1, -0.05) is 72.3 Å². The third-order valence-electron chi connectivity index (χ3n) is 3.10. The molecule has 0 saturated carbocycles. The van der Waals surface area contributed by atoms with Crippen LogP contribution in [0.1, 0.15) is 13.8 Å². The standard InChI is InChI=1S/C17H19OP/c1-15(2)13-14-19(18,16-9-5-3-6-10-16)17-11-7-4-8-12-17/h3-13H,14H2,1-2H3. The van der Waals surface area contributed by atoms with Crippen LogP contribution in [-0.2, 0) is 4.57 Å². The molecular weight excluding hydrogens is 251 g/mol. The summed E-state index contributed by atoms with van der Waals surface area (Å²) in [5, 5.41) is 1.86. The number of benzene rings is 2. The van der Waals surface area contributed by atoms with Gasteiger partial charge in [0.1, 0.15) is 7.14 Å². The highest BCUT2D eigenvalue weighted by Crippen LogP contribution is 2.43. The van der Waals surface area contributed by atoms with Crippen LogP contribution in [0, 0.1) is 0 Å². The second-order valence-electron chi connectivity index (χ2n) is 4.87. The highest BCUT2D eigenvalue weighted by molar-refractivity contribution is 7.78. The average Bonchev–Trinajstić information content (AvgIpc) is 2.46. The first-order valence-electron chi connectivity index (χ1n) is 6.46. The van der Waals surface area contributed by atoms with Gasteiger partial charge in [0.2, 0.25) is 0 Å². The molecule has 0 bridgehead atoms. The van der Waals surface area contributed by atoms with Crippen LogP contribution in [0.4, 0.5) is 0 Å². The molecule has 0 aliphatic heterocycles. The van der Waals surface area contributed by atoms with Gasteiger partial charge < -0.3 is 4.57 Å². The number of rotatable bonds is 4. The van der Waals surface area contributed by atoms with Crippen LogP contribution in [0.2, 0.25) is 0 Å². The summed E-state index contributed by atoms with van der Waals surface area (Å²) >= 11 is 0. The quantitative estimate of drug-likeness (QED) is 0.607. The van der Waals surface area contributed by atoms with Crippen molar-refractivity contribution in [2.24, 2.45) is 0 Å². The van der Waals surface area contributed by atoms with Crippen molar-refractivity contribution in [1.82, 2.24) is 0 Å². The first-order chi connectivity index (χ1) is 9.13. The fraction of sp³-hybridized carbons (Fsp3) is 0.176. The minimum Gasteiger partial charge on any atom is -0.313 e. The smallest absolute Gasteiger partial charge is 0.146 e. The Morgan fingerprint density at radius 3 is 1.68 bits per heavy atom. The Kier molecular flexibility index (Phi) is 4.39. The first-order valence-corrected chi connectivity index (χ1v) is 8.36. The van der Waals surface area contributed by atoms with E-state index >= 15 is 0 Å². The molecule has 2 rings (SSSR count). The van der Waals surface area contributed by atoms with Crippen molar-refractivity contribution in [3.8, 4) is 0 Å². The van der Waals surface area contributed by atoms with Gasteiger partial charge in [0, 0.05) is 16.8 Å². The highest BCUT2D eigenvalue weighted by Gasteiger charge is 2.25. The van der Waals surface area contributed by atoms with Gasteiger partial charge in [-0.15, -0.1) is 0 Å². The fourth-order valence-electron chi connectivity index (χ4n) is 2.01. The molecule has 0 aliphatic rings. The van der Waals surface area contributed by atoms with Crippen molar-refractivity contribution >= 4 is 17.8 Å². The van der Waals surface area contributed by atoms with Crippen molar-refractivity contribution in [3.05, 3.63) is 72.3 Å². The maximum atomic E-state index is 13.5. The Balaban J connectivity index is 2.51. The van der Waals surface area contributed by atoms with Crippen molar-refractivity contribution in [2.75, 3.05) is 6.16 Å². The van der Waals surface area contributed by atoms with Crippen molar-refractivity contribution in [1.29, 1.82) is 0 Å². The van der Waals surface area contributed by atoms with Gasteiger partial charge in [-0.05, 0) is 13.8 Å². The lowest BCUT2D eigenvalue weighted by molar-refractivity contribution is 0.588. The van der Waals surface area contributed by atoms with E-state index in [0.29, 0.717) is 6.16 Å². The van der Waals surface area contributed by atoms with Gasteiger partial charge in [-0.3, -0.25) is 0 Å². The Labute approximate surface area is 115 Å². The largest absolute Gasteiger partial charge is 0.313 e. The molecule has 0 aliphatic carbocycles. The van der Waals surface area contributed by atoms with Gasteiger partial charge in [0.05, 0.1) is 0 Å². The molecule has 0 aromatic heterocycles.